The largest absolute Gasteiger partial charge is 0.367 e. The van der Waals surface area contributed by atoms with Gasteiger partial charge in [0, 0.05) is 23.1 Å². The maximum atomic E-state index is 14.0. The fraction of sp³-hybridized carbons (Fsp3) is 0.690. The lowest BCUT2D eigenvalue weighted by Gasteiger charge is -2.34. The number of Topliss-reactive ketones (excluding diaryl/α,β-unsaturated/α-hetero) is 1. The summed E-state index contributed by atoms with van der Waals surface area (Å²) in [6.07, 6.45) is 9.20. The smallest absolute Gasteiger partial charge is 0.251 e. The molecule has 1 aromatic carbocycles. The molecule has 0 radical (unpaired) electrons. The maximum absolute atomic E-state index is 14.0. The van der Waals surface area contributed by atoms with E-state index in [0.717, 1.165) is 64.1 Å². The Bertz CT molecular complexity index is 1130. The molecule has 1 aromatic rings. The molecule has 10 heteroatoms. The zero-order chi connectivity index (χ0) is 26.9. The van der Waals surface area contributed by atoms with Crippen molar-refractivity contribution < 1.29 is 19.1 Å². The Morgan fingerprint density at radius 3 is 2.41 bits per heavy atom. The molecule has 2 amide bonds. The highest BCUT2D eigenvalue weighted by atomic mass is 16.5. The van der Waals surface area contributed by atoms with Crippen molar-refractivity contribution in [3.63, 3.8) is 0 Å². The highest BCUT2D eigenvalue weighted by molar-refractivity contribution is 5.99. The molecular formula is C29H38N6O4. The first-order valence-corrected chi connectivity index (χ1v) is 14.7. The molecule has 10 nitrogen and oxygen atoms in total. The Labute approximate surface area is 229 Å². The fourth-order valence-electron chi connectivity index (χ4n) is 7.22. The Hall–Kier alpha value is -2.94. The molecule has 1 N–H and O–H groups in total. The summed E-state index contributed by atoms with van der Waals surface area (Å²) in [6, 6.07) is 6.58. The summed E-state index contributed by atoms with van der Waals surface area (Å²) in [4.78, 5) is 47.0. The lowest BCUT2D eigenvalue weighted by atomic mass is 9.83. The molecule has 208 valence electrons. The van der Waals surface area contributed by atoms with E-state index >= 15 is 0 Å². The average Bonchev–Trinajstić information content (AvgIpc) is 3.67. The number of carbonyl (C=O) groups excluding carboxylic acids is 3. The molecule has 2 saturated carbocycles. The summed E-state index contributed by atoms with van der Waals surface area (Å²) in [7, 11) is 0. The minimum absolute atomic E-state index is 0.000479. The van der Waals surface area contributed by atoms with E-state index in [1.807, 2.05) is 12.1 Å². The zero-order valence-corrected chi connectivity index (χ0v) is 22.4. The first-order valence-electron chi connectivity index (χ1n) is 14.7. The number of fused-ring (bicyclic) bond motifs is 1. The number of rotatable bonds is 7. The summed E-state index contributed by atoms with van der Waals surface area (Å²) >= 11 is 0. The lowest BCUT2D eigenvalue weighted by Crippen LogP contribution is -2.55. The van der Waals surface area contributed by atoms with Gasteiger partial charge < -0.3 is 19.9 Å². The first kappa shape index (κ1) is 26.3. The van der Waals surface area contributed by atoms with E-state index in [-0.39, 0.29) is 36.7 Å². The lowest BCUT2D eigenvalue weighted by molar-refractivity contribution is -0.139. The fourth-order valence-corrected chi connectivity index (χ4v) is 7.22. The van der Waals surface area contributed by atoms with E-state index in [9.17, 15) is 14.4 Å². The maximum Gasteiger partial charge on any atom is 0.251 e. The first-order chi connectivity index (χ1) is 19.0. The van der Waals surface area contributed by atoms with Gasteiger partial charge in [-0.3, -0.25) is 14.4 Å². The van der Waals surface area contributed by atoms with Gasteiger partial charge in [-0.25, -0.2) is 0 Å². The SMILES string of the molecule is [N-]=[N+]=N[C@@H]1CN(C(=O)[C@@H](NC(=O)c2ccc(C3CCN(C4CC4)CC3)cc2)C2CCCCC2)[C@@H]2C(=O)CO[C@@H]21. The summed E-state index contributed by atoms with van der Waals surface area (Å²) in [6.45, 7) is 2.32. The van der Waals surface area contributed by atoms with E-state index < -0.39 is 24.2 Å². The third-order valence-corrected chi connectivity index (χ3v) is 9.55. The highest BCUT2D eigenvalue weighted by Gasteiger charge is 2.53. The third kappa shape index (κ3) is 5.42. The topological polar surface area (TPSA) is 128 Å². The van der Waals surface area contributed by atoms with E-state index in [1.54, 1.807) is 0 Å². The number of amides is 2. The summed E-state index contributed by atoms with van der Waals surface area (Å²) in [5, 5.41) is 6.85. The monoisotopic (exact) mass is 534 g/mol. The molecule has 5 fully saturated rings. The van der Waals surface area contributed by atoms with Gasteiger partial charge in [0.1, 0.15) is 18.7 Å². The van der Waals surface area contributed by atoms with Crippen LogP contribution in [0.5, 0.6) is 0 Å². The number of carbonyl (C=O) groups is 3. The molecule has 6 rings (SSSR count). The standard InChI is InChI=1S/C29H38N6O4/c30-33-32-23-16-35(26-24(36)17-39-27(23)26)29(38)25(20-4-2-1-3-5-20)31-28(37)21-8-6-18(7-9-21)19-12-14-34(15-13-19)22-10-11-22/h6-9,19-20,22-23,25-27H,1-5,10-17H2,(H,31,37)/t23-,25+,26-,27-/m1/s1. The number of hydrogen-bond acceptors (Lipinski definition) is 6. The molecule has 3 aliphatic heterocycles. The van der Waals surface area contributed by atoms with Crippen LogP contribution in [0.1, 0.15) is 79.6 Å². The van der Waals surface area contributed by atoms with Crippen LogP contribution in [-0.2, 0) is 14.3 Å². The van der Waals surface area contributed by atoms with Crippen LogP contribution in [-0.4, -0.2) is 83.9 Å². The van der Waals surface area contributed by atoms with Crippen LogP contribution in [0.2, 0.25) is 0 Å². The van der Waals surface area contributed by atoms with Crippen molar-refractivity contribution in [2.24, 2.45) is 11.0 Å². The van der Waals surface area contributed by atoms with Gasteiger partial charge in [-0.15, -0.1) is 0 Å². The number of piperidine rings is 1. The molecule has 3 saturated heterocycles. The molecule has 3 heterocycles. The number of azide groups is 1. The number of hydrogen-bond donors (Lipinski definition) is 1. The highest BCUT2D eigenvalue weighted by Crippen LogP contribution is 2.35. The van der Waals surface area contributed by atoms with Gasteiger partial charge in [0.05, 0.1) is 12.1 Å². The number of likely N-dealkylation sites (tertiary alicyclic amines) is 2. The van der Waals surface area contributed by atoms with Gasteiger partial charge in [-0.2, -0.15) is 0 Å². The van der Waals surface area contributed by atoms with Crippen LogP contribution in [0.4, 0.5) is 0 Å². The van der Waals surface area contributed by atoms with Crippen molar-refractivity contribution in [1.29, 1.82) is 0 Å². The van der Waals surface area contributed by atoms with Crippen molar-refractivity contribution in [2.75, 3.05) is 26.2 Å². The Morgan fingerprint density at radius 1 is 1.03 bits per heavy atom. The number of nitrogens with one attached hydrogen (secondary N) is 1. The van der Waals surface area contributed by atoms with E-state index in [1.165, 1.54) is 23.3 Å². The number of ether oxygens (including phenoxy) is 1. The second-order valence-electron chi connectivity index (χ2n) is 12.0. The molecule has 5 aliphatic rings. The predicted octanol–water partition coefficient (Wildman–Crippen LogP) is 3.56. The Morgan fingerprint density at radius 2 is 1.74 bits per heavy atom. The third-order valence-electron chi connectivity index (χ3n) is 9.55. The molecule has 0 spiro atoms. The molecule has 0 unspecified atom stereocenters. The number of ketones is 1. The predicted molar refractivity (Wildman–Crippen MR) is 144 cm³/mol. The van der Waals surface area contributed by atoms with Crippen LogP contribution in [0.15, 0.2) is 29.4 Å². The van der Waals surface area contributed by atoms with E-state index in [4.69, 9.17) is 10.3 Å². The molecule has 0 bridgehead atoms. The Balaban J connectivity index is 1.16. The quantitative estimate of drug-likeness (QED) is 0.325. The number of nitrogens with zero attached hydrogens (tertiary/aromatic N) is 5. The van der Waals surface area contributed by atoms with Gasteiger partial charge in [-0.05, 0) is 86.7 Å². The van der Waals surface area contributed by atoms with Gasteiger partial charge in [0.2, 0.25) is 5.91 Å². The summed E-state index contributed by atoms with van der Waals surface area (Å²) < 4.78 is 5.59. The van der Waals surface area contributed by atoms with Crippen LogP contribution in [0, 0.1) is 5.92 Å². The Kier molecular flexibility index (Phi) is 7.60. The molecule has 4 atom stereocenters. The minimum Gasteiger partial charge on any atom is -0.367 e. The van der Waals surface area contributed by atoms with Crippen LogP contribution in [0.25, 0.3) is 10.4 Å². The second-order valence-corrected chi connectivity index (χ2v) is 12.0. The minimum atomic E-state index is -0.762. The molecule has 0 aromatic heterocycles. The van der Waals surface area contributed by atoms with Gasteiger partial charge in [0.15, 0.2) is 5.78 Å². The van der Waals surface area contributed by atoms with Crippen molar-refractivity contribution in [3.8, 4) is 0 Å². The molecule has 39 heavy (non-hydrogen) atoms. The van der Waals surface area contributed by atoms with Crippen molar-refractivity contribution >= 4 is 17.6 Å². The summed E-state index contributed by atoms with van der Waals surface area (Å²) in [5.41, 5.74) is 10.8. The summed E-state index contributed by atoms with van der Waals surface area (Å²) in [5.74, 6) is -0.215. The van der Waals surface area contributed by atoms with Crippen LogP contribution in [0.3, 0.4) is 0 Å². The molecular weight excluding hydrogens is 496 g/mol. The normalized spacial score (nSPS) is 29.1. The van der Waals surface area contributed by atoms with Crippen molar-refractivity contribution in [3.05, 3.63) is 45.8 Å². The molecule has 2 aliphatic carbocycles. The van der Waals surface area contributed by atoms with Gasteiger partial charge in [-0.1, -0.05) is 36.5 Å². The van der Waals surface area contributed by atoms with Gasteiger partial charge in [0.25, 0.3) is 5.91 Å². The average molecular weight is 535 g/mol. The van der Waals surface area contributed by atoms with Crippen molar-refractivity contribution in [2.45, 2.75) is 94.0 Å². The van der Waals surface area contributed by atoms with E-state index in [0.29, 0.717) is 11.5 Å². The van der Waals surface area contributed by atoms with Crippen molar-refractivity contribution in [1.82, 2.24) is 15.1 Å². The second kappa shape index (κ2) is 11.3. The van der Waals surface area contributed by atoms with E-state index in [2.05, 4.69) is 32.4 Å². The zero-order valence-electron chi connectivity index (χ0n) is 22.4. The van der Waals surface area contributed by atoms with Crippen LogP contribution >= 0.6 is 0 Å². The van der Waals surface area contributed by atoms with Gasteiger partial charge >= 0.3 is 0 Å². The number of benzene rings is 1. The van der Waals surface area contributed by atoms with Crippen LogP contribution < -0.4 is 5.32 Å².